The summed E-state index contributed by atoms with van der Waals surface area (Å²) in [7, 11) is 4.21. The molecule has 0 radical (unpaired) electrons. The van der Waals surface area contributed by atoms with Gasteiger partial charge < -0.3 is 10.6 Å². The van der Waals surface area contributed by atoms with Crippen LogP contribution in [0, 0.1) is 5.41 Å². The van der Waals surface area contributed by atoms with Crippen molar-refractivity contribution in [2.24, 2.45) is 11.1 Å². The molecule has 2 nitrogen and oxygen atoms in total. The topological polar surface area (TPSA) is 29.3 Å². The van der Waals surface area contributed by atoms with Crippen molar-refractivity contribution >= 4 is 0 Å². The van der Waals surface area contributed by atoms with Gasteiger partial charge in [0.15, 0.2) is 0 Å². The third-order valence-electron chi connectivity index (χ3n) is 2.04. The summed E-state index contributed by atoms with van der Waals surface area (Å²) in [6, 6.07) is 0. The van der Waals surface area contributed by atoms with Crippen LogP contribution in [0.1, 0.15) is 26.7 Å². The summed E-state index contributed by atoms with van der Waals surface area (Å²) in [4.78, 5) is 2.22. The Kier molecular flexibility index (Phi) is 4.69. The van der Waals surface area contributed by atoms with Gasteiger partial charge in [0, 0.05) is 6.54 Å². The summed E-state index contributed by atoms with van der Waals surface area (Å²) in [6.45, 7) is 6.04. The minimum atomic E-state index is 0.517. The number of hydrogen-bond donors (Lipinski definition) is 1. The minimum Gasteiger partial charge on any atom is -0.330 e. The van der Waals surface area contributed by atoms with Crippen LogP contribution in [-0.4, -0.2) is 32.1 Å². The summed E-state index contributed by atoms with van der Waals surface area (Å²) < 4.78 is 0. The Bertz CT molecular complexity index is 95.7. The molecule has 0 bridgehead atoms. The van der Waals surface area contributed by atoms with Crippen molar-refractivity contribution in [1.29, 1.82) is 0 Å². The zero-order chi connectivity index (χ0) is 8.91. The number of rotatable bonds is 3. The molecule has 0 aliphatic heterocycles. The molecule has 0 unspecified atom stereocenters. The van der Waals surface area contributed by atoms with E-state index >= 15 is 0 Å². The summed E-state index contributed by atoms with van der Waals surface area (Å²) in [5, 5.41) is 0. The zero-order valence-electron chi connectivity index (χ0n) is 8.35. The largest absolute Gasteiger partial charge is 0.330 e. The highest BCUT2D eigenvalue weighted by Crippen LogP contribution is 2.44. The molecule has 2 heteroatoms. The highest BCUT2D eigenvalue weighted by Gasteiger charge is 2.41. The lowest BCUT2D eigenvalue weighted by Gasteiger charge is -2.17. The molecule has 0 atom stereocenters. The lowest BCUT2D eigenvalue weighted by molar-refractivity contribution is 0.314. The molecule has 0 aromatic carbocycles. The maximum Gasteiger partial charge on any atom is 0.00440 e. The quantitative estimate of drug-likeness (QED) is 0.671. The predicted molar refractivity (Wildman–Crippen MR) is 50.6 cm³/mol. The first kappa shape index (κ1) is 10.9. The van der Waals surface area contributed by atoms with Gasteiger partial charge in [-0.15, -0.1) is 0 Å². The van der Waals surface area contributed by atoms with Gasteiger partial charge in [-0.1, -0.05) is 13.8 Å². The van der Waals surface area contributed by atoms with Crippen LogP contribution in [0.5, 0.6) is 0 Å². The lowest BCUT2D eigenvalue weighted by atomic mass is 10.1. The van der Waals surface area contributed by atoms with E-state index in [-0.39, 0.29) is 0 Å². The zero-order valence-corrected chi connectivity index (χ0v) is 8.35. The Morgan fingerprint density at radius 3 is 1.82 bits per heavy atom. The van der Waals surface area contributed by atoms with Crippen molar-refractivity contribution < 1.29 is 0 Å². The SMILES string of the molecule is CC.CN(C)CC1(CN)CC1. The van der Waals surface area contributed by atoms with Crippen LogP contribution in [0.25, 0.3) is 0 Å². The maximum atomic E-state index is 5.59. The van der Waals surface area contributed by atoms with Gasteiger partial charge in [0.25, 0.3) is 0 Å². The van der Waals surface area contributed by atoms with Crippen LogP contribution < -0.4 is 5.73 Å². The van der Waals surface area contributed by atoms with Crippen molar-refractivity contribution in [2.75, 3.05) is 27.2 Å². The molecule has 68 valence electrons. The second-order valence-corrected chi connectivity index (χ2v) is 3.44. The third-order valence-corrected chi connectivity index (χ3v) is 2.04. The molecule has 0 amide bonds. The Morgan fingerprint density at radius 2 is 1.73 bits per heavy atom. The van der Waals surface area contributed by atoms with Gasteiger partial charge in [-0.3, -0.25) is 0 Å². The van der Waals surface area contributed by atoms with Crippen LogP contribution >= 0.6 is 0 Å². The Morgan fingerprint density at radius 1 is 1.27 bits per heavy atom. The molecule has 0 aromatic heterocycles. The average molecular weight is 158 g/mol. The van der Waals surface area contributed by atoms with Gasteiger partial charge >= 0.3 is 0 Å². The second-order valence-electron chi connectivity index (χ2n) is 3.44. The molecule has 2 N–H and O–H groups in total. The van der Waals surface area contributed by atoms with E-state index in [2.05, 4.69) is 19.0 Å². The molecule has 1 aliphatic carbocycles. The molecular formula is C9H22N2. The normalized spacial score (nSPS) is 19.1. The summed E-state index contributed by atoms with van der Waals surface area (Å²) in [5.74, 6) is 0. The summed E-state index contributed by atoms with van der Waals surface area (Å²) in [5.41, 5.74) is 6.11. The van der Waals surface area contributed by atoms with E-state index in [1.54, 1.807) is 0 Å². The van der Waals surface area contributed by atoms with Crippen LogP contribution in [0.2, 0.25) is 0 Å². The molecule has 1 rings (SSSR count). The van der Waals surface area contributed by atoms with Crippen LogP contribution in [0.4, 0.5) is 0 Å². The van der Waals surface area contributed by atoms with Gasteiger partial charge in [0.1, 0.15) is 0 Å². The van der Waals surface area contributed by atoms with Gasteiger partial charge in [-0.2, -0.15) is 0 Å². The molecule has 0 heterocycles. The summed E-state index contributed by atoms with van der Waals surface area (Å²) >= 11 is 0. The van der Waals surface area contributed by atoms with E-state index in [9.17, 15) is 0 Å². The van der Waals surface area contributed by atoms with E-state index in [4.69, 9.17) is 5.73 Å². The first-order chi connectivity index (χ1) is 5.18. The van der Waals surface area contributed by atoms with Crippen LogP contribution in [0.15, 0.2) is 0 Å². The fraction of sp³-hybridized carbons (Fsp3) is 1.00. The van der Waals surface area contributed by atoms with Gasteiger partial charge in [-0.05, 0) is 38.9 Å². The van der Waals surface area contributed by atoms with Crippen molar-refractivity contribution in [2.45, 2.75) is 26.7 Å². The van der Waals surface area contributed by atoms with E-state index in [1.165, 1.54) is 19.4 Å². The Balaban J connectivity index is 0.000000461. The van der Waals surface area contributed by atoms with Crippen molar-refractivity contribution in [3.8, 4) is 0 Å². The molecule has 0 spiro atoms. The fourth-order valence-electron chi connectivity index (χ4n) is 1.27. The minimum absolute atomic E-state index is 0.517. The fourth-order valence-corrected chi connectivity index (χ4v) is 1.27. The molecular weight excluding hydrogens is 136 g/mol. The van der Waals surface area contributed by atoms with Gasteiger partial charge in [0.05, 0.1) is 0 Å². The first-order valence-electron chi connectivity index (χ1n) is 4.53. The van der Waals surface area contributed by atoms with E-state index in [0.29, 0.717) is 5.41 Å². The lowest BCUT2D eigenvalue weighted by Crippen LogP contribution is -2.28. The summed E-state index contributed by atoms with van der Waals surface area (Å²) in [6.07, 6.45) is 2.67. The van der Waals surface area contributed by atoms with Crippen molar-refractivity contribution in [3.05, 3.63) is 0 Å². The average Bonchev–Trinajstić information content (AvgIpc) is 2.73. The van der Waals surface area contributed by atoms with E-state index in [1.807, 2.05) is 13.8 Å². The highest BCUT2D eigenvalue weighted by atomic mass is 15.1. The van der Waals surface area contributed by atoms with E-state index < -0.39 is 0 Å². The van der Waals surface area contributed by atoms with Gasteiger partial charge in [-0.25, -0.2) is 0 Å². The Hall–Kier alpha value is -0.0800. The van der Waals surface area contributed by atoms with Crippen LogP contribution in [0.3, 0.4) is 0 Å². The second kappa shape index (κ2) is 4.73. The smallest absolute Gasteiger partial charge is 0.00440 e. The monoisotopic (exact) mass is 158 g/mol. The maximum absolute atomic E-state index is 5.59. The Labute approximate surface area is 70.8 Å². The molecule has 11 heavy (non-hydrogen) atoms. The van der Waals surface area contributed by atoms with Crippen molar-refractivity contribution in [3.63, 3.8) is 0 Å². The third kappa shape index (κ3) is 3.73. The molecule has 1 aliphatic rings. The standard InChI is InChI=1S/C7H16N2.C2H6/c1-9(2)6-7(5-8)3-4-7;1-2/h3-6,8H2,1-2H3;1-2H3. The highest BCUT2D eigenvalue weighted by molar-refractivity contribution is 4.95. The molecule has 0 saturated heterocycles. The van der Waals surface area contributed by atoms with Gasteiger partial charge in [0.2, 0.25) is 0 Å². The van der Waals surface area contributed by atoms with Crippen LogP contribution in [-0.2, 0) is 0 Å². The first-order valence-corrected chi connectivity index (χ1v) is 4.53. The predicted octanol–water partition coefficient (Wildman–Crippen LogP) is 1.31. The number of hydrogen-bond acceptors (Lipinski definition) is 2. The number of nitrogens with zero attached hydrogens (tertiary/aromatic N) is 1. The molecule has 0 aromatic rings. The molecule has 1 fully saturated rings. The number of nitrogens with two attached hydrogens (primary N) is 1. The van der Waals surface area contributed by atoms with E-state index in [0.717, 1.165) is 6.54 Å². The molecule has 1 saturated carbocycles. The van der Waals surface area contributed by atoms with Crippen molar-refractivity contribution in [1.82, 2.24) is 4.90 Å².